The van der Waals surface area contributed by atoms with Crippen molar-refractivity contribution < 1.29 is 13.5 Å². The number of oxazole rings is 1. The molecule has 0 bridgehead atoms. The van der Waals surface area contributed by atoms with Gasteiger partial charge in [-0.3, -0.25) is 0 Å². The van der Waals surface area contributed by atoms with E-state index in [4.69, 9.17) is 9.15 Å². The molecule has 1 fully saturated rings. The van der Waals surface area contributed by atoms with E-state index in [1.165, 1.54) is 6.07 Å². The molecular formula is C18H20FN5O2. The van der Waals surface area contributed by atoms with Crippen molar-refractivity contribution in [3.05, 3.63) is 42.1 Å². The highest BCUT2D eigenvalue weighted by molar-refractivity contribution is 5.74. The molecule has 1 saturated heterocycles. The molecule has 2 aromatic heterocycles. The van der Waals surface area contributed by atoms with Crippen LogP contribution in [-0.2, 0) is 4.74 Å². The van der Waals surface area contributed by atoms with E-state index in [-0.39, 0.29) is 17.7 Å². The van der Waals surface area contributed by atoms with E-state index >= 15 is 0 Å². The smallest absolute Gasteiger partial charge is 0.295 e. The lowest BCUT2D eigenvalue weighted by Crippen LogP contribution is -2.35. The molecule has 7 nitrogen and oxygen atoms in total. The summed E-state index contributed by atoms with van der Waals surface area (Å²) in [4.78, 5) is 15.0. The van der Waals surface area contributed by atoms with Crippen LogP contribution in [0.3, 0.4) is 0 Å². The Kier molecular flexibility index (Phi) is 4.42. The summed E-state index contributed by atoms with van der Waals surface area (Å²) in [6.45, 7) is 3.27. The molecular weight excluding hydrogens is 337 g/mol. The van der Waals surface area contributed by atoms with Gasteiger partial charge in [-0.15, -0.1) is 0 Å². The number of rotatable bonds is 5. The van der Waals surface area contributed by atoms with Crippen LogP contribution in [0.15, 0.2) is 35.0 Å². The molecule has 4 rings (SSSR count). The van der Waals surface area contributed by atoms with E-state index in [1.807, 2.05) is 13.0 Å². The zero-order valence-electron chi connectivity index (χ0n) is 14.6. The summed E-state index contributed by atoms with van der Waals surface area (Å²) >= 11 is 0. The van der Waals surface area contributed by atoms with Crippen molar-refractivity contribution in [2.75, 3.05) is 30.4 Å². The average molecular weight is 357 g/mol. The Morgan fingerprint density at radius 2 is 2.27 bits per heavy atom. The summed E-state index contributed by atoms with van der Waals surface area (Å²) in [5, 5.41) is 3.18. The molecule has 0 saturated carbocycles. The third-order valence-corrected chi connectivity index (χ3v) is 4.65. The van der Waals surface area contributed by atoms with Crippen LogP contribution in [0.25, 0.3) is 11.1 Å². The van der Waals surface area contributed by atoms with E-state index in [2.05, 4.69) is 25.2 Å². The number of halogens is 1. The molecule has 0 radical (unpaired) electrons. The molecule has 1 aromatic carbocycles. The second-order valence-corrected chi connectivity index (χ2v) is 6.41. The molecule has 8 heteroatoms. The van der Waals surface area contributed by atoms with Gasteiger partial charge in [-0.2, -0.15) is 4.98 Å². The minimum Gasteiger partial charge on any atom is -0.420 e. The normalized spacial score (nSPS) is 20.0. The van der Waals surface area contributed by atoms with Crippen molar-refractivity contribution in [1.29, 1.82) is 0 Å². The fourth-order valence-electron chi connectivity index (χ4n) is 3.31. The molecule has 3 aromatic rings. The highest BCUT2D eigenvalue weighted by Crippen LogP contribution is 2.27. The Morgan fingerprint density at radius 3 is 3.04 bits per heavy atom. The fourth-order valence-corrected chi connectivity index (χ4v) is 3.31. The maximum Gasteiger partial charge on any atom is 0.295 e. The van der Waals surface area contributed by atoms with Gasteiger partial charge >= 0.3 is 0 Å². The first-order valence-corrected chi connectivity index (χ1v) is 8.51. The van der Waals surface area contributed by atoms with Gasteiger partial charge in [0.15, 0.2) is 11.4 Å². The van der Waals surface area contributed by atoms with Gasteiger partial charge < -0.3 is 19.4 Å². The number of hydrogen-bond donors (Lipinski definition) is 1. The third-order valence-electron chi connectivity index (χ3n) is 4.65. The molecule has 0 aliphatic carbocycles. The maximum absolute atomic E-state index is 13.8. The van der Waals surface area contributed by atoms with Gasteiger partial charge in [0.2, 0.25) is 0 Å². The lowest BCUT2D eigenvalue weighted by atomic mass is 10.2. The second-order valence-electron chi connectivity index (χ2n) is 6.41. The standard InChI is InChI=1S/C18H20FN5O2/c1-11-6-16(22-10-21-11)24-9-13(25-2)7-12(24)8-20-18-23-15-5-3-4-14(19)17(15)26-18/h3-6,10,12-13H,7-9H2,1-2H3,(H,20,23)/t12-,13-/m0/s1. The van der Waals surface area contributed by atoms with Crippen molar-refractivity contribution >= 4 is 22.9 Å². The van der Waals surface area contributed by atoms with Gasteiger partial charge in [0.25, 0.3) is 6.01 Å². The number of para-hydroxylation sites is 1. The number of aryl methyl sites for hydroxylation is 1. The van der Waals surface area contributed by atoms with Crippen LogP contribution in [0, 0.1) is 12.7 Å². The molecule has 3 heterocycles. The summed E-state index contributed by atoms with van der Waals surface area (Å²) in [5.74, 6) is 0.453. The predicted molar refractivity (Wildman–Crippen MR) is 95.8 cm³/mol. The number of nitrogens with one attached hydrogen (secondary N) is 1. The Balaban J connectivity index is 1.52. The summed E-state index contributed by atoms with van der Waals surface area (Å²) in [7, 11) is 1.72. The average Bonchev–Trinajstić information content (AvgIpc) is 3.24. The van der Waals surface area contributed by atoms with Gasteiger partial charge in [0.05, 0.1) is 12.1 Å². The molecule has 26 heavy (non-hydrogen) atoms. The fraction of sp³-hybridized carbons (Fsp3) is 0.389. The quantitative estimate of drug-likeness (QED) is 0.752. The molecule has 1 aliphatic heterocycles. The van der Waals surface area contributed by atoms with Crippen LogP contribution in [0.4, 0.5) is 16.2 Å². The van der Waals surface area contributed by atoms with Gasteiger partial charge in [0, 0.05) is 32.0 Å². The number of ether oxygens (including phenoxy) is 1. The topological polar surface area (TPSA) is 76.3 Å². The van der Waals surface area contributed by atoms with E-state index < -0.39 is 5.82 Å². The van der Waals surface area contributed by atoms with Crippen LogP contribution >= 0.6 is 0 Å². The molecule has 136 valence electrons. The highest BCUT2D eigenvalue weighted by atomic mass is 19.1. The van der Waals surface area contributed by atoms with Crippen molar-refractivity contribution in [2.45, 2.75) is 25.5 Å². The van der Waals surface area contributed by atoms with Crippen LogP contribution in [0.2, 0.25) is 0 Å². The number of methoxy groups -OCH3 is 1. The lowest BCUT2D eigenvalue weighted by Gasteiger charge is -2.25. The minimum atomic E-state index is -0.415. The van der Waals surface area contributed by atoms with Gasteiger partial charge in [0.1, 0.15) is 17.7 Å². The Morgan fingerprint density at radius 1 is 1.38 bits per heavy atom. The Bertz CT molecular complexity index is 915. The number of fused-ring (bicyclic) bond motifs is 1. The van der Waals surface area contributed by atoms with E-state index in [1.54, 1.807) is 25.6 Å². The zero-order chi connectivity index (χ0) is 18.1. The van der Waals surface area contributed by atoms with Crippen molar-refractivity contribution in [3.63, 3.8) is 0 Å². The summed E-state index contributed by atoms with van der Waals surface area (Å²) in [6, 6.07) is 7.11. The van der Waals surface area contributed by atoms with Crippen LogP contribution < -0.4 is 10.2 Å². The Hall–Kier alpha value is -2.74. The third kappa shape index (κ3) is 3.20. The van der Waals surface area contributed by atoms with Crippen LogP contribution in [0.5, 0.6) is 0 Å². The van der Waals surface area contributed by atoms with Crippen LogP contribution in [0.1, 0.15) is 12.1 Å². The van der Waals surface area contributed by atoms with E-state index in [0.717, 1.165) is 24.5 Å². The van der Waals surface area contributed by atoms with E-state index in [9.17, 15) is 4.39 Å². The number of hydrogen-bond acceptors (Lipinski definition) is 7. The van der Waals surface area contributed by atoms with Crippen molar-refractivity contribution in [1.82, 2.24) is 15.0 Å². The molecule has 1 aliphatic rings. The first-order chi connectivity index (χ1) is 12.6. The Labute approximate surface area is 150 Å². The van der Waals surface area contributed by atoms with Gasteiger partial charge in [-0.1, -0.05) is 6.07 Å². The number of anilines is 2. The predicted octanol–water partition coefficient (Wildman–Crippen LogP) is 2.77. The van der Waals surface area contributed by atoms with Crippen molar-refractivity contribution in [3.8, 4) is 0 Å². The van der Waals surface area contributed by atoms with Crippen molar-refractivity contribution in [2.24, 2.45) is 0 Å². The van der Waals surface area contributed by atoms with Crippen LogP contribution in [-0.4, -0.2) is 47.3 Å². The van der Waals surface area contributed by atoms with E-state index in [0.29, 0.717) is 18.1 Å². The second kappa shape index (κ2) is 6.87. The molecule has 0 unspecified atom stereocenters. The number of aromatic nitrogens is 3. The summed E-state index contributed by atoms with van der Waals surface area (Å²) < 4.78 is 24.8. The first kappa shape index (κ1) is 16.7. The molecule has 0 amide bonds. The largest absolute Gasteiger partial charge is 0.420 e. The first-order valence-electron chi connectivity index (χ1n) is 8.51. The maximum atomic E-state index is 13.8. The molecule has 1 N–H and O–H groups in total. The monoisotopic (exact) mass is 357 g/mol. The molecule has 0 spiro atoms. The number of benzene rings is 1. The van der Waals surface area contributed by atoms with Gasteiger partial charge in [-0.05, 0) is 25.5 Å². The highest BCUT2D eigenvalue weighted by Gasteiger charge is 2.33. The summed E-state index contributed by atoms with van der Waals surface area (Å²) in [5.41, 5.74) is 1.58. The zero-order valence-corrected chi connectivity index (χ0v) is 14.6. The summed E-state index contributed by atoms with van der Waals surface area (Å²) in [6.07, 6.45) is 2.54. The minimum absolute atomic E-state index is 0.123. The molecule has 2 atom stereocenters. The lowest BCUT2D eigenvalue weighted by molar-refractivity contribution is 0.118. The number of nitrogens with zero attached hydrogens (tertiary/aromatic N) is 4. The SMILES string of the molecule is CO[C@H]1C[C@@H](CNc2nc3cccc(F)c3o2)N(c2cc(C)ncn2)C1. The van der Waals surface area contributed by atoms with Gasteiger partial charge in [-0.25, -0.2) is 14.4 Å².